The number of rotatable bonds is 4. The van der Waals surface area contributed by atoms with Crippen molar-refractivity contribution in [2.45, 2.75) is 0 Å². The predicted molar refractivity (Wildman–Crippen MR) is 125 cm³/mol. The molecule has 32 heavy (non-hydrogen) atoms. The normalized spacial score (nSPS) is 11.4. The minimum Gasteiger partial charge on any atom is -0.258 e. The Kier molecular flexibility index (Phi) is 4.27. The van der Waals surface area contributed by atoms with Gasteiger partial charge in [-0.3, -0.25) is 10.1 Å². The number of para-hydroxylation sites is 1. The zero-order valence-electron chi connectivity index (χ0n) is 16.2. The van der Waals surface area contributed by atoms with Crippen molar-refractivity contribution < 1.29 is 4.92 Å². The summed E-state index contributed by atoms with van der Waals surface area (Å²) in [7, 11) is 0. The predicted octanol–water partition coefficient (Wildman–Crippen LogP) is 5.73. The monoisotopic (exact) mass is 456 g/mol. The van der Waals surface area contributed by atoms with E-state index in [1.54, 1.807) is 39.5 Å². The lowest BCUT2D eigenvalue weighted by Crippen LogP contribution is -1.96. The highest BCUT2D eigenvalue weighted by Crippen LogP contribution is 2.36. The van der Waals surface area contributed by atoms with Gasteiger partial charge in [-0.05, 0) is 35.7 Å². The summed E-state index contributed by atoms with van der Waals surface area (Å²) >= 11 is 3.12. The fraction of sp³-hybridized carbons (Fsp3) is 0. The molecule has 4 heterocycles. The molecule has 0 aliphatic rings. The van der Waals surface area contributed by atoms with Crippen LogP contribution in [0.4, 0.5) is 5.69 Å². The third-order valence-corrected chi connectivity index (χ3v) is 6.94. The fourth-order valence-corrected chi connectivity index (χ4v) is 5.17. The zero-order valence-corrected chi connectivity index (χ0v) is 17.9. The van der Waals surface area contributed by atoms with Crippen LogP contribution >= 0.6 is 22.7 Å². The molecule has 6 rings (SSSR count). The minimum absolute atomic E-state index is 0.0308. The number of non-ortho nitro benzene ring substituents is 1. The Morgan fingerprint density at radius 3 is 2.50 bits per heavy atom. The molecule has 0 aliphatic heterocycles. The lowest BCUT2D eigenvalue weighted by Gasteiger charge is -2.00. The summed E-state index contributed by atoms with van der Waals surface area (Å²) < 4.78 is 2.76. The smallest absolute Gasteiger partial charge is 0.258 e. The Bertz CT molecular complexity index is 1570. The molecule has 0 atom stereocenters. The Morgan fingerprint density at radius 1 is 0.938 bits per heavy atom. The maximum atomic E-state index is 11.0. The molecule has 0 amide bonds. The molecule has 6 aromatic rings. The first-order chi connectivity index (χ1) is 15.7. The summed E-state index contributed by atoms with van der Waals surface area (Å²) in [5, 5.41) is 28.4. The van der Waals surface area contributed by atoms with Gasteiger partial charge in [0.15, 0.2) is 0 Å². The number of fused-ring (bicyclic) bond motifs is 2. The number of aromatic nitrogens is 5. The van der Waals surface area contributed by atoms with Gasteiger partial charge in [0, 0.05) is 18.3 Å². The second kappa shape index (κ2) is 7.29. The average Bonchev–Trinajstić information content (AvgIpc) is 3.57. The van der Waals surface area contributed by atoms with Gasteiger partial charge in [-0.2, -0.15) is 5.10 Å². The molecule has 10 heteroatoms. The van der Waals surface area contributed by atoms with E-state index in [0.717, 1.165) is 31.2 Å². The van der Waals surface area contributed by atoms with Gasteiger partial charge >= 0.3 is 0 Å². The number of benzene rings is 2. The van der Waals surface area contributed by atoms with Crippen LogP contribution < -0.4 is 0 Å². The van der Waals surface area contributed by atoms with E-state index in [1.807, 2.05) is 48.0 Å². The first-order valence-corrected chi connectivity index (χ1v) is 11.3. The van der Waals surface area contributed by atoms with Crippen LogP contribution in [0.2, 0.25) is 0 Å². The lowest BCUT2D eigenvalue weighted by molar-refractivity contribution is -0.384. The van der Waals surface area contributed by atoms with Crippen LogP contribution in [0.1, 0.15) is 0 Å². The largest absolute Gasteiger partial charge is 0.269 e. The van der Waals surface area contributed by atoms with Crippen molar-refractivity contribution in [3.05, 3.63) is 82.4 Å². The highest BCUT2D eigenvalue weighted by atomic mass is 32.1. The maximum Gasteiger partial charge on any atom is 0.269 e. The van der Waals surface area contributed by atoms with Gasteiger partial charge in [0.05, 0.1) is 31.1 Å². The van der Waals surface area contributed by atoms with Crippen molar-refractivity contribution in [3.8, 4) is 27.0 Å². The minimum atomic E-state index is -0.419. The second-order valence-electron chi connectivity index (χ2n) is 6.97. The van der Waals surface area contributed by atoms with E-state index in [9.17, 15) is 10.1 Å². The topological polar surface area (TPSA) is 99.6 Å². The van der Waals surface area contributed by atoms with Crippen LogP contribution in [0, 0.1) is 10.1 Å². The summed E-state index contributed by atoms with van der Waals surface area (Å²) in [6, 6.07) is 18.2. The number of hydrogen-bond donors (Lipinski definition) is 0. The van der Waals surface area contributed by atoms with E-state index in [0.29, 0.717) is 16.9 Å². The number of thiazole rings is 1. The first kappa shape index (κ1) is 18.7. The molecule has 0 aliphatic carbocycles. The van der Waals surface area contributed by atoms with E-state index in [1.165, 1.54) is 12.1 Å². The van der Waals surface area contributed by atoms with E-state index >= 15 is 0 Å². The Morgan fingerprint density at radius 2 is 1.75 bits per heavy atom. The SMILES string of the molecule is O=[N+]([O-])c1ccc(-n2cc3c(-c4cccs4)nnc(-c4nc5ccccc5s4)c3n2)cc1. The molecule has 0 fully saturated rings. The summed E-state index contributed by atoms with van der Waals surface area (Å²) in [5.41, 5.74) is 3.68. The van der Waals surface area contributed by atoms with E-state index in [-0.39, 0.29) is 5.69 Å². The standard InChI is InChI=1S/C22H12N6O2S2/c29-28(30)14-9-7-13(8-10-14)27-12-15-19(18-6-3-11-31-18)24-25-21(20(15)26-27)22-23-16-4-1-2-5-17(16)32-22/h1-12H. The highest BCUT2D eigenvalue weighted by Gasteiger charge is 2.20. The van der Waals surface area contributed by atoms with Crippen molar-refractivity contribution in [2.75, 3.05) is 0 Å². The molecule has 0 saturated carbocycles. The van der Waals surface area contributed by atoms with Crippen molar-refractivity contribution >= 4 is 49.5 Å². The lowest BCUT2D eigenvalue weighted by atomic mass is 10.2. The van der Waals surface area contributed by atoms with Crippen molar-refractivity contribution in [3.63, 3.8) is 0 Å². The summed E-state index contributed by atoms with van der Waals surface area (Å²) in [6.45, 7) is 0. The quantitative estimate of drug-likeness (QED) is 0.248. The molecular formula is C22H12N6O2S2. The van der Waals surface area contributed by atoms with Crippen LogP contribution in [0.15, 0.2) is 72.2 Å². The first-order valence-electron chi connectivity index (χ1n) is 9.58. The van der Waals surface area contributed by atoms with Gasteiger partial charge in [0.25, 0.3) is 5.69 Å². The van der Waals surface area contributed by atoms with E-state index < -0.39 is 4.92 Å². The molecule has 0 N–H and O–H groups in total. The average molecular weight is 457 g/mol. The van der Waals surface area contributed by atoms with Crippen LogP contribution in [0.3, 0.4) is 0 Å². The molecule has 0 bridgehead atoms. The third kappa shape index (κ3) is 3.04. The molecule has 2 aromatic carbocycles. The summed E-state index contributed by atoms with van der Waals surface area (Å²) in [4.78, 5) is 16.3. The molecule has 8 nitrogen and oxygen atoms in total. The fourth-order valence-electron chi connectivity index (χ4n) is 3.50. The number of nitrogens with zero attached hydrogens (tertiary/aromatic N) is 6. The summed E-state index contributed by atoms with van der Waals surface area (Å²) in [6.07, 6.45) is 1.89. The number of thiophene rings is 1. The van der Waals surface area contributed by atoms with Crippen molar-refractivity contribution in [1.82, 2.24) is 25.0 Å². The Hall–Kier alpha value is -4.02. The van der Waals surface area contributed by atoms with Gasteiger partial charge in [0.1, 0.15) is 21.9 Å². The second-order valence-corrected chi connectivity index (χ2v) is 8.95. The molecule has 0 spiro atoms. The van der Waals surface area contributed by atoms with Crippen LogP contribution in [0.5, 0.6) is 0 Å². The van der Waals surface area contributed by atoms with E-state index in [4.69, 9.17) is 10.1 Å². The summed E-state index contributed by atoms with van der Waals surface area (Å²) in [5.74, 6) is 0. The zero-order chi connectivity index (χ0) is 21.7. The van der Waals surface area contributed by atoms with Crippen LogP contribution in [0.25, 0.3) is 48.1 Å². The molecule has 0 radical (unpaired) electrons. The van der Waals surface area contributed by atoms with Gasteiger partial charge in [-0.15, -0.1) is 32.9 Å². The third-order valence-electron chi connectivity index (χ3n) is 5.02. The molecule has 0 unspecified atom stereocenters. The van der Waals surface area contributed by atoms with Crippen molar-refractivity contribution in [2.24, 2.45) is 0 Å². The number of nitro benzene ring substituents is 1. The number of nitro groups is 1. The number of hydrogen-bond acceptors (Lipinski definition) is 8. The van der Waals surface area contributed by atoms with Gasteiger partial charge in [0.2, 0.25) is 0 Å². The Balaban J connectivity index is 1.57. The molecular weight excluding hydrogens is 444 g/mol. The van der Waals surface area contributed by atoms with Gasteiger partial charge in [-0.25, -0.2) is 9.67 Å². The van der Waals surface area contributed by atoms with Crippen LogP contribution in [-0.2, 0) is 0 Å². The molecule has 4 aromatic heterocycles. The molecule has 154 valence electrons. The Labute approximate surface area is 188 Å². The van der Waals surface area contributed by atoms with Crippen molar-refractivity contribution in [1.29, 1.82) is 0 Å². The van der Waals surface area contributed by atoms with Gasteiger partial charge in [-0.1, -0.05) is 18.2 Å². The highest BCUT2D eigenvalue weighted by molar-refractivity contribution is 7.21. The van der Waals surface area contributed by atoms with Crippen LogP contribution in [-0.4, -0.2) is 29.9 Å². The maximum absolute atomic E-state index is 11.0. The van der Waals surface area contributed by atoms with E-state index in [2.05, 4.69) is 10.2 Å². The molecule has 0 saturated heterocycles. The van der Waals surface area contributed by atoms with Gasteiger partial charge < -0.3 is 0 Å².